The van der Waals surface area contributed by atoms with Gasteiger partial charge in [0.25, 0.3) is 0 Å². The van der Waals surface area contributed by atoms with E-state index in [0.717, 1.165) is 11.6 Å². The van der Waals surface area contributed by atoms with Gasteiger partial charge in [-0.15, -0.1) is 0 Å². The van der Waals surface area contributed by atoms with E-state index in [9.17, 15) is 4.79 Å². The number of rotatable bonds is 4. The van der Waals surface area contributed by atoms with Crippen LogP contribution in [0.2, 0.25) is 0 Å². The van der Waals surface area contributed by atoms with Crippen LogP contribution in [0.4, 0.5) is 5.82 Å². The lowest BCUT2D eigenvalue weighted by atomic mass is 10.2. The lowest BCUT2D eigenvalue weighted by Gasteiger charge is -2.14. The Hall–Kier alpha value is -1.58. The van der Waals surface area contributed by atoms with Gasteiger partial charge < -0.3 is 10.4 Å². The summed E-state index contributed by atoms with van der Waals surface area (Å²) in [5.74, 6) is 0.472. The molecule has 0 amide bonds. The van der Waals surface area contributed by atoms with Crippen LogP contribution >= 0.6 is 0 Å². The van der Waals surface area contributed by atoms with Crippen LogP contribution in [0.1, 0.15) is 35.8 Å². The molecule has 2 rings (SSSR count). The average Bonchev–Trinajstić information content (AvgIpc) is 2.99. The number of carbonyl (C=O) groups is 1. The SMILES string of the molecule is Cc1cc(C(=O)O)cc(NC(C)C2CC2)n1. The van der Waals surface area contributed by atoms with Crippen molar-refractivity contribution in [2.45, 2.75) is 32.7 Å². The van der Waals surface area contributed by atoms with Gasteiger partial charge in [0, 0.05) is 11.7 Å². The van der Waals surface area contributed by atoms with Crippen LogP contribution in [0.5, 0.6) is 0 Å². The average molecular weight is 220 g/mol. The number of nitrogens with one attached hydrogen (secondary N) is 1. The quantitative estimate of drug-likeness (QED) is 0.817. The lowest BCUT2D eigenvalue weighted by molar-refractivity contribution is 0.0696. The van der Waals surface area contributed by atoms with Crippen molar-refractivity contribution in [2.75, 3.05) is 5.32 Å². The highest BCUT2D eigenvalue weighted by Gasteiger charge is 2.28. The summed E-state index contributed by atoms with van der Waals surface area (Å²) in [4.78, 5) is 15.2. The van der Waals surface area contributed by atoms with Crippen LogP contribution in [0, 0.1) is 12.8 Å². The number of nitrogens with zero attached hydrogens (tertiary/aromatic N) is 1. The monoisotopic (exact) mass is 220 g/mol. The first-order valence-electron chi connectivity index (χ1n) is 5.55. The zero-order chi connectivity index (χ0) is 11.7. The first-order valence-corrected chi connectivity index (χ1v) is 5.55. The van der Waals surface area contributed by atoms with Crippen molar-refractivity contribution in [3.8, 4) is 0 Å². The molecule has 0 radical (unpaired) electrons. The van der Waals surface area contributed by atoms with Crippen molar-refractivity contribution in [2.24, 2.45) is 5.92 Å². The van der Waals surface area contributed by atoms with Crippen LogP contribution in [0.15, 0.2) is 12.1 Å². The Labute approximate surface area is 94.7 Å². The molecular weight excluding hydrogens is 204 g/mol. The van der Waals surface area contributed by atoms with Crippen molar-refractivity contribution in [3.05, 3.63) is 23.4 Å². The van der Waals surface area contributed by atoms with E-state index in [1.807, 2.05) is 0 Å². The molecule has 4 heteroatoms. The lowest BCUT2D eigenvalue weighted by Crippen LogP contribution is -2.18. The molecule has 0 bridgehead atoms. The topological polar surface area (TPSA) is 62.2 Å². The van der Waals surface area contributed by atoms with Crippen LogP contribution in [-0.4, -0.2) is 22.1 Å². The van der Waals surface area contributed by atoms with Crippen molar-refractivity contribution in [1.82, 2.24) is 4.98 Å². The molecule has 4 nitrogen and oxygen atoms in total. The molecule has 1 aliphatic carbocycles. The third-order valence-electron chi connectivity index (χ3n) is 2.91. The van der Waals surface area contributed by atoms with E-state index in [1.165, 1.54) is 12.8 Å². The number of carboxylic acids is 1. The number of hydrogen-bond acceptors (Lipinski definition) is 3. The second-order valence-corrected chi connectivity index (χ2v) is 4.46. The predicted octanol–water partition coefficient (Wildman–Crippen LogP) is 2.30. The highest BCUT2D eigenvalue weighted by atomic mass is 16.4. The molecule has 1 atom stereocenters. The Balaban J connectivity index is 2.16. The molecule has 0 aliphatic heterocycles. The minimum Gasteiger partial charge on any atom is -0.478 e. The summed E-state index contributed by atoms with van der Waals surface area (Å²) < 4.78 is 0. The van der Waals surface area contributed by atoms with E-state index >= 15 is 0 Å². The number of aryl methyl sites for hydroxylation is 1. The van der Waals surface area contributed by atoms with E-state index in [2.05, 4.69) is 17.2 Å². The Morgan fingerprint density at radius 3 is 2.81 bits per heavy atom. The number of aromatic nitrogens is 1. The fraction of sp³-hybridized carbons (Fsp3) is 0.500. The Morgan fingerprint density at radius 1 is 1.56 bits per heavy atom. The molecule has 1 aromatic heterocycles. The maximum Gasteiger partial charge on any atom is 0.335 e. The van der Waals surface area contributed by atoms with Crippen molar-refractivity contribution in [3.63, 3.8) is 0 Å². The van der Waals surface area contributed by atoms with Gasteiger partial charge in [0.2, 0.25) is 0 Å². The highest BCUT2D eigenvalue weighted by molar-refractivity contribution is 5.88. The molecule has 0 spiro atoms. The minimum absolute atomic E-state index is 0.290. The highest BCUT2D eigenvalue weighted by Crippen LogP contribution is 2.33. The van der Waals surface area contributed by atoms with Gasteiger partial charge in [-0.2, -0.15) is 0 Å². The number of pyridine rings is 1. The maximum atomic E-state index is 10.9. The van der Waals surface area contributed by atoms with Gasteiger partial charge in [0.1, 0.15) is 5.82 Å². The van der Waals surface area contributed by atoms with E-state index < -0.39 is 5.97 Å². The molecule has 1 unspecified atom stereocenters. The smallest absolute Gasteiger partial charge is 0.335 e. The summed E-state index contributed by atoms with van der Waals surface area (Å²) in [7, 11) is 0. The molecule has 1 heterocycles. The van der Waals surface area contributed by atoms with Gasteiger partial charge in [-0.3, -0.25) is 0 Å². The van der Waals surface area contributed by atoms with E-state index in [1.54, 1.807) is 19.1 Å². The van der Waals surface area contributed by atoms with Crippen LogP contribution < -0.4 is 5.32 Å². The molecule has 1 fully saturated rings. The summed E-state index contributed by atoms with van der Waals surface area (Å²) in [5, 5.41) is 12.2. The van der Waals surface area contributed by atoms with Gasteiger partial charge in [-0.25, -0.2) is 9.78 Å². The van der Waals surface area contributed by atoms with Gasteiger partial charge in [0.05, 0.1) is 5.56 Å². The number of aromatic carboxylic acids is 1. The fourth-order valence-electron chi connectivity index (χ4n) is 1.81. The Kier molecular flexibility index (Phi) is 2.81. The molecule has 0 saturated heterocycles. The van der Waals surface area contributed by atoms with E-state index in [-0.39, 0.29) is 5.56 Å². The van der Waals surface area contributed by atoms with Crippen LogP contribution in [-0.2, 0) is 0 Å². The maximum absolute atomic E-state index is 10.9. The van der Waals surface area contributed by atoms with Crippen molar-refractivity contribution in [1.29, 1.82) is 0 Å². The van der Waals surface area contributed by atoms with Gasteiger partial charge in [-0.05, 0) is 44.7 Å². The van der Waals surface area contributed by atoms with Crippen molar-refractivity contribution < 1.29 is 9.90 Å². The summed E-state index contributed by atoms with van der Waals surface area (Å²) in [6, 6.07) is 3.54. The number of hydrogen-bond donors (Lipinski definition) is 2. The van der Waals surface area contributed by atoms with Gasteiger partial charge in [0.15, 0.2) is 0 Å². The molecule has 2 N–H and O–H groups in total. The molecule has 1 saturated carbocycles. The normalized spacial score (nSPS) is 16.9. The number of carboxylic acid groups (broad SMARTS) is 1. The zero-order valence-corrected chi connectivity index (χ0v) is 9.53. The van der Waals surface area contributed by atoms with E-state index in [0.29, 0.717) is 11.9 Å². The minimum atomic E-state index is -0.910. The molecule has 1 aromatic rings. The summed E-state index contributed by atoms with van der Waals surface area (Å²) >= 11 is 0. The van der Waals surface area contributed by atoms with Crippen LogP contribution in [0.3, 0.4) is 0 Å². The second kappa shape index (κ2) is 4.12. The number of anilines is 1. The molecule has 0 aromatic carbocycles. The molecular formula is C12H16N2O2. The zero-order valence-electron chi connectivity index (χ0n) is 9.53. The molecule has 1 aliphatic rings. The molecule has 86 valence electrons. The third kappa shape index (κ3) is 2.51. The van der Waals surface area contributed by atoms with Gasteiger partial charge >= 0.3 is 5.97 Å². The summed E-state index contributed by atoms with van der Waals surface area (Å²) in [6.07, 6.45) is 2.51. The van der Waals surface area contributed by atoms with Gasteiger partial charge in [-0.1, -0.05) is 0 Å². The summed E-state index contributed by atoms with van der Waals surface area (Å²) in [6.45, 7) is 3.92. The third-order valence-corrected chi connectivity index (χ3v) is 2.91. The fourth-order valence-corrected chi connectivity index (χ4v) is 1.81. The summed E-state index contributed by atoms with van der Waals surface area (Å²) in [5.41, 5.74) is 1.02. The Morgan fingerprint density at radius 2 is 2.25 bits per heavy atom. The largest absolute Gasteiger partial charge is 0.478 e. The predicted molar refractivity (Wildman–Crippen MR) is 61.7 cm³/mol. The van der Waals surface area contributed by atoms with Crippen molar-refractivity contribution >= 4 is 11.8 Å². The molecule has 16 heavy (non-hydrogen) atoms. The first-order chi connectivity index (χ1) is 7.56. The first kappa shape index (κ1) is 10.9. The Bertz CT molecular complexity index is 413. The standard InChI is InChI=1S/C12H16N2O2/c1-7-5-10(12(15)16)6-11(13-7)14-8(2)9-3-4-9/h5-6,8-9H,3-4H2,1-2H3,(H,13,14)(H,15,16). The van der Waals surface area contributed by atoms with E-state index in [4.69, 9.17) is 5.11 Å². The van der Waals surface area contributed by atoms with Crippen LogP contribution in [0.25, 0.3) is 0 Å². The second-order valence-electron chi connectivity index (χ2n) is 4.46.